The van der Waals surface area contributed by atoms with Gasteiger partial charge in [0.2, 0.25) is 0 Å². The van der Waals surface area contributed by atoms with Crippen molar-refractivity contribution in [3.63, 3.8) is 0 Å². The molecule has 0 heterocycles. The maximum atomic E-state index is 2.37. The zero-order valence-corrected chi connectivity index (χ0v) is 10.7. The summed E-state index contributed by atoms with van der Waals surface area (Å²) in [6.07, 6.45) is 13.0. The minimum Gasteiger partial charge on any atom is -1.00 e. The quantitative estimate of drug-likeness (QED) is 0.404. The second-order valence-electron chi connectivity index (χ2n) is 2.81. The Bertz CT molecular complexity index is 175. The predicted molar refractivity (Wildman–Crippen MR) is 38.9 cm³/mol. The molecule has 1 atom stereocenters. The van der Waals surface area contributed by atoms with Crippen LogP contribution in [0.25, 0.3) is 0 Å². The van der Waals surface area contributed by atoms with Crippen molar-refractivity contribution < 1.29 is 51.0 Å². The van der Waals surface area contributed by atoms with E-state index < -0.39 is 0 Å². The van der Waals surface area contributed by atoms with E-state index in [9.17, 15) is 0 Å². The standard InChI is InChI=1S/C9H11.2ClH.Zr/c1-2-5-9-7-3-6-8(9)4-1;;;/h1-2,4,6,9H,3,5,7H2;2*1H;/q-1;;;+3/p-2. The van der Waals surface area contributed by atoms with Gasteiger partial charge in [-0.15, -0.1) is 18.6 Å². The monoisotopic (exact) mass is 279 g/mol. The van der Waals surface area contributed by atoms with Gasteiger partial charge >= 0.3 is 26.2 Å². The number of halogens is 2. The van der Waals surface area contributed by atoms with Crippen molar-refractivity contribution >= 4 is 0 Å². The fourth-order valence-electron chi connectivity index (χ4n) is 1.66. The Morgan fingerprint density at radius 2 is 2.08 bits per heavy atom. The average molecular weight is 281 g/mol. The Morgan fingerprint density at radius 3 is 2.75 bits per heavy atom. The van der Waals surface area contributed by atoms with Crippen LogP contribution in [0.2, 0.25) is 0 Å². The number of hydrogen-bond donors (Lipinski definition) is 0. The topological polar surface area (TPSA) is 0 Å². The summed E-state index contributed by atoms with van der Waals surface area (Å²) in [5.41, 5.74) is 1.58. The van der Waals surface area contributed by atoms with Gasteiger partial charge in [0.1, 0.15) is 0 Å². The molecule has 0 aromatic rings. The molecule has 0 bridgehead atoms. The summed E-state index contributed by atoms with van der Waals surface area (Å²) >= 11 is 0. The molecule has 65 valence electrons. The van der Waals surface area contributed by atoms with E-state index in [1.807, 2.05) is 0 Å². The third-order valence-corrected chi connectivity index (χ3v) is 2.21. The van der Waals surface area contributed by atoms with Crippen LogP contribution in [0.5, 0.6) is 0 Å². The Balaban J connectivity index is 0. The predicted octanol–water partition coefficient (Wildman–Crippen LogP) is -3.51. The molecule has 1 fully saturated rings. The van der Waals surface area contributed by atoms with Crippen molar-refractivity contribution in [2.24, 2.45) is 5.92 Å². The summed E-state index contributed by atoms with van der Waals surface area (Å²) < 4.78 is 0. The molecule has 1 radical (unpaired) electrons. The molecule has 0 nitrogen and oxygen atoms in total. The third kappa shape index (κ3) is 3.28. The van der Waals surface area contributed by atoms with Gasteiger partial charge in [-0.3, -0.25) is 0 Å². The van der Waals surface area contributed by atoms with E-state index in [0.717, 1.165) is 5.92 Å². The molecule has 0 amide bonds. The van der Waals surface area contributed by atoms with Gasteiger partial charge in [0.05, 0.1) is 0 Å². The molecule has 0 aromatic carbocycles. The maximum absolute atomic E-state index is 2.37. The summed E-state index contributed by atoms with van der Waals surface area (Å²) in [5.74, 6) is 0.884. The first-order valence-electron chi connectivity index (χ1n) is 3.67. The fraction of sp³-hybridized carbons (Fsp3) is 0.444. The van der Waals surface area contributed by atoms with Crippen LogP contribution in [-0.2, 0) is 26.2 Å². The Labute approximate surface area is 106 Å². The van der Waals surface area contributed by atoms with Crippen molar-refractivity contribution in [1.82, 2.24) is 0 Å². The van der Waals surface area contributed by atoms with Gasteiger partial charge in [0.15, 0.2) is 0 Å². The smallest absolute Gasteiger partial charge is 1.00 e. The van der Waals surface area contributed by atoms with Crippen LogP contribution in [-0.4, -0.2) is 0 Å². The second kappa shape index (κ2) is 7.24. The number of rotatable bonds is 0. The SMILES string of the molecule is C1=CCC2CC[CH-]C2=C1.[Cl-].[Cl-].[Zr+3]. The Morgan fingerprint density at radius 1 is 1.33 bits per heavy atom. The summed E-state index contributed by atoms with van der Waals surface area (Å²) in [6, 6.07) is 0. The van der Waals surface area contributed by atoms with Crippen LogP contribution in [0.1, 0.15) is 19.3 Å². The van der Waals surface area contributed by atoms with E-state index in [1.165, 1.54) is 19.3 Å². The molecular weight excluding hydrogens is 270 g/mol. The maximum Gasteiger partial charge on any atom is 3.00 e. The van der Waals surface area contributed by atoms with Gasteiger partial charge in [-0.2, -0.15) is 0 Å². The van der Waals surface area contributed by atoms with Gasteiger partial charge < -0.3 is 24.8 Å². The normalized spacial score (nSPS) is 23.3. The Hall–Kier alpha value is 0.813. The summed E-state index contributed by atoms with van der Waals surface area (Å²) in [4.78, 5) is 0. The molecule has 1 unspecified atom stereocenters. The first-order valence-corrected chi connectivity index (χ1v) is 3.67. The van der Waals surface area contributed by atoms with Crippen molar-refractivity contribution in [2.75, 3.05) is 0 Å². The van der Waals surface area contributed by atoms with Gasteiger partial charge in [-0.25, -0.2) is 18.1 Å². The van der Waals surface area contributed by atoms with Crippen LogP contribution in [0, 0.1) is 12.3 Å². The molecule has 0 N–H and O–H groups in total. The van der Waals surface area contributed by atoms with Crippen molar-refractivity contribution in [1.29, 1.82) is 0 Å². The largest absolute Gasteiger partial charge is 3.00 e. The molecule has 2 aliphatic carbocycles. The molecular formula is C9H11Cl2Zr. The molecule has 12 heavy (non-hydrogen) atoms. The van der Waals surface area contributed by atoms with Crippen LogP contribution in [0.15, 0.2) is 23.8 Å². The first kappa shape index (κ1) is 15.3. The number of hydrogen-bond acceptors (Lipinski definition) is 0. The molecule has 0 aliphatic heterocycles. The second-order valence-corrected chi connectivity index (χ2v) is 2.81. The van der Waals surface area contributed by atoms with Crippen LogP contribution < -0.4 is 24.8 Å². The van der Waals surface area contributed by atoms with E-state index in [1.54, 1.807) is 5.57 Å². The van der Waals surface area contributed by atoms with Gasteiger partial charge in [0, 0.05) is 0 Å². The molecule has 2 aliphatic rings. The fourth-order valence-corrected chi connectivity index (χ4v) is 1.66. The van der Waals surface area contributed by atoms with Crippen molar-refractivity contribution in [3.8, 4) is 0 Å². The van der Waals surface area contributed by atoms with Crippen LogP contribution in [0.3, 0.4) is 0 Å². The summed E-state index contributed by atoms with van der Waals surface area (Å²) in [5, 5.41) is 0. The summed E-state index contributed by atoms with van der Waals surface area (Å²) in [6.45, 7) is 0. The van der Waals surface area contributed by atoms with Gasteiger partial charge in [0.25, 0.3) is 0 Å². The zero-order chi connectivity index (χ0) is 6.10. The van der Waals surface area contributed by atoms with Crippen LogP contribution in [0.4, 0.5) is 0 Å². The summed E-state index contributed by atoms with van der Waals surface area (Å²) in [7, 11) is 0. The van der Waals surface area contributed by atoms with E-state index in [4.69, 9.17) is 0 Å². The zero-order valence-electron chi connectivity index (χ0n) is 6.76. The van der Waals surface area contributed by atoms with Crippen molar-refractivity contribution in [3.05, 3.63) is 30.2 Å². The molecule has 0 aromatic heterocycles. The van der Waals surface area contributed by atoms with E-state index in [-0.39, 0.29) is 51.0 Å². The minimum atomic E-state index is 0. The minimum absolute atomic E-state index is 0. The molecule has 2 rings (SSSR count). The average Bonchev–Trinajstić information content (AvgIpc) is 2.33. The number of allylic oxidation sites excluding steroid dienone is 4. The molecule has 0 spiro atoms. The molecule has 0 saturated heterocycles. The van der Waals surface area contributed by atoms with Crippen LogP contribution >= 0.6 is 0 Å². The van der Waals surface area contributed by atoms with E-state index in [2.05, 4.69) is 24.6 Å². The molecule has 3 heteroatoms. The van der Waals surface area contributed by atoms with Crippen molar-refractivity contribution in [2.45, 2.75) is 19.3 Å². The Kier molecular flexibility index (Phi) is 9.23. The first-order chi connectivity index (χ1) is 4.47. The molecule has 1 saturated carbocycles. The van der Waals surface area contributed by atoms with E-state index in [0.29, 0.717) is 0 Å². The van der Waals surface area contributed by atoms with Gasteiger partial charge in [-0.1, -0.05) is 6.42 Å². The van der Waals surface area contributed by atoms with Gasteiger partial charge in [-0.05, 0) is 12.3 Å². The number of fused-ring (bicyclic) bond motifs is 1. The third-order valence-electron chi connectivity index (χ3n) is 2.21. The van der Waals surface area contributed by atoms with E-state index >= 15 is 0 Å².